The molecule has 2 N–H and O–H groups in total. The Balaban J connectivity index is 1.74. The number of hydrogen-bond acceptors (Lipinski definition) is 4. The topological polar surface area (TPSA) is 71.1 Å². The third-order valence-corrected chi connectivity index (χ3v) is 4.65. The highest BCUT2D eigenvalue weighted by Gasteiger charge is 2.14. The van der Waals surface area contributed by atoms with Gasteiger partial charge in [0.2, 0.25) is 0 Å². The van der Waals surface area contributed by atoms with Crippen molar-refractivity contribution in [2.24, 2.45) is 0 Å². The fourth-order valence-corrected chi connectivity index (χ4v) is 3.06. The Morgan fingerprint density at radius 1 is 0.880 bits per heavy atom. The van der Waals surface area contributed by atoms with E-state index in [1.165, 1.54) is 18.3 Å². The van der Waals surface area contributed by atoms with Crippen molar-refractivity contribution in [1.82, 2.24) is 4.98 Å². The van der Waals surface area contributed by atoms with Gasteiger partial charge in [0.15, 0.2) is 0 Å². The molecule has 8 heteroatoms. The van der Waals surface area contributed by atoms with Crippen LogP contribution in [0.4, 0.5) is 26.0 Å². The summed E-state index contributed by atoms with van der Waals surface area (Å²) in [4.78, 5) is 3.90. The van der Waals surface area contributed by atoms with E-state index in [9.17, 15) is 17.2 Å². The van der Waals surface area contributed by atoms with Crippen LogP contribution in [-0.4, -0.2) is 13.4 Å². The van der Waals surface area contributed by atoms with Gasteiger partial charge in [-0.25, -0.2) is 22.2 Å². The first-order valence-corrected chi connectivity index (χ1v) is 8.68. The van der Waals surface area contributed by atoms with Gasteiger partial charge >= 0.3 is 0 Å². The van der Waals surface area contributed by atoms with E-state index in [4.69, 9.17) is 0 Å². The number of nitrogens with zero attached hydrogens (tertiary/aromatic N) is 1. The number of nitrogens with one attached hydrogen (secondary N) is 2. The van der Waals surface area contributed by atoms with E-state index in [1.54, 1.807) is 24.3 Å². The van der Waals surface area contributed by atoms with Crippen LogP contribution < -0.4 is 10.0 Å². The zero-order chi connectivity index (χ0) is 17.9. The summed E-state index contributed by atoms with van der Waals surface area (Å²) >= 11 is 0. The van der Waals surface area contributed by atoms with E-state index in [0.717, 1.165) is 24.3 Å². The molecule has 0 aliphatic rings. The van der Waals surface area contributed by atoms with E-state index < -0.39 is 21.7 Å². The summed E-state index contributed by atoms with van der Waals surface area (Å²) in [6.45, 7) is 0. The lowest BCUT2D eigenvalue weighted by atomic mass is 10.3. The van der Waals surface area contributed by atoms with Crippen LogP contribution >= 0.6 is 0 Å². The average molecular weight is 361 g/mol. The standard InChI is InChI=1S/C17H13F2N3O2S/c18-12-5-8-14(9-6-12)25(23,24)22-17-10-7-13(11-20-17)21-16-4-2-1-3-15(16)19/h1-11,21H,(H,20,22). The van der Waals surface area contributed by atoms with E-state index in [0.29, 0.717) is 5.69 Å². The fraction of sp³-hybridized carbons (Fsp3) is 0. The molecular formula is C17H13F2N3O2S. The molecule has 3 aromatic rings. The molecule has 1 heterocycles. The molecule has 0 unspecified atom stereocenters. The minimum absolute atomic E-state index is 0.0794. The summed E-state index contributed by atoms with van der Waals surface area (Å²) in [5.74, 6) is -0.854. The number of halogens is 2. The molecule has 0 aliphatic carbocycles. The van der Waals surface area contributed by atoms with Crippen LogP contribution in [0.2, 0.25) is 0 Å². The van der Waals surface area contributed by atoms with Crippen LogP contribution in [-0.2, 0) is 10.0 Å². The predicted octanol–water partition coefficient (Wildman–Crippen LogP) is 3.90. The number of hydrogen-bond donors (Lipinski definition) is 2. The summed E-state index contributed by atoms with van der Waals surface area (Å²) in [7, 11) is -3.87. The maximum atomic E-state index is 13.6. The Bertz CT molecular complexity index is 976. The Labute approximate surface area is 143 Å². The maximum absolute atomic E-state index is 13.6. The average Bonchev–Trinajstić information content (AvgIpc) is 2.59. The second kappa shape index (κ2) is 6.86. The summed E-state index contributed by atoms with van der Waals surface area (Å²) in [6, 6.07) is 13.6. The van der Waals surface area contributed by atoms with Crippen molar-refractivity contribution < 1.29 is 17.2 Å². The van der Waals surface area contributed by atoms with Crippen molar-refractivity contribution in [3.63, 3.8) is 0 Å². The second-order valence-electron chi connectivity index (χ2n) is 5.10. The smallest absolute Gasteiger partial charge is 0.263 e. The molecule has 0 bridgehead atoms. The van der Waals surface area contributed by atoms with Crippen LogP contribution in [0.15, 0.2) is 71.8 Å². The minimum Gasteiger partial charge on any atom is -0.352 e. The van der Waals surface area contributed by atoms with Crippen molar-refractivity contribution in [3.05, 3.63) is 78.5 Å². The molecule has 0 saturated carbocycles. The van der Waals surface area contributed by atoms with Gasteiger partial charge in [-0.15, -0.1) is 0 Å². The van der Waals surface area contributed by atoms with Crippen molar-refractivity contribution >= 4 is 27.2 Å². The minimum atomic E-state index is -3.87. The van der Waals surface area contributed by atoms with Crippen LogP contribution in [0.5, 0.6) is 0 Å². The third-order valence-electron chi connectivity index (χ3n) is 3.28. The van der Waals surface area contributed by atoms with Crippen LogP contribution in [0, 0.1) is 11.6 Å². The second-order valence-corrected chi connectivity index (χ2v) is 6.78. The lowest BCUT2D eigenvalue weighted by molar-refractivity contribution is 0.599. The van der Waals surface area contributed by atoms with Gasteiger partial charge in [-0.3, -0.25) is 4.72 Å². The van der Waals surface area contributed by atoms with E-state index in [1.807, 2.05) is 0 Å². The first kappa shape index (κ1) is 16.8. The van der Waals surface area contributed by atoms with Gasteiger partial charge in [-0.1, -0.05) is 12.1 Å². The van der Waals surface area contributed by atoms with Crippen molar-refractivity contribution in [1.29, 1.82) is 0 Å². The van der Waals surface area contributed by atoms with Gasteiger partial charge in [0.05, 0.1) is 22.5 Å². The van der Waals surface area contributed by atoms with Gasteiger partial charge in [0.1, 0.15) is 17.5 Å². The molecule has 1 aromatic heterocycles. The predicted molar refractivity (Wildman–Crippen MR) is 91.1 cm³/mol. The summed E-state index contributed by atoms with van der Waals surface area (Å²) in [5, 5.41) is 2.84. The van der Waals surface area contributed by atoms with E-state index >= 15 is 0 Å². The number of benzene rings is 2. The first-order valence-electron chi connectivity index (χ1n) is 7.20. The molecule has 0 amide bonds. The molecule has 25 heavy (non-hydrogen) atoms. The molecule has 0 atom stereocenters. The molecule has 0 aliphatic heterocycles. The van der Waals surface area contributed by atoms with Crippen molar-refractivity contribution in [3.8, 4) is 0 Å². The molecule has 2 aromatic carbocycles. The quantitative estimate of drug-likeness (QED) is 0.723. The molecular weight excluding hydrogens is 348 g/mol. The molecule has 3 rings (SSSR count). The normalized spacial score (nSPS) is 11.1. The number of sulfonamides is 1. The SMILES string of the molecule is O=S(=O)(Nc1ccc(Nc2ccccc2F)cn1)c1ccc(F)cc1. The van der Waals surface area contributed by atoms with Gasteiger partial charge < -0.3 is 5.32 Å². The van der Waals surface area contributed by atoms with Crippen LogP contribution in [0.1, 0.15) is 0 Å². The number of rotatable bonds is 5. The number of pyridine rings is 1. The highest BCUT2D eigenvalue weighted by molar-refractivity contribution is 7.92. The largest absolute Gasteiger partial charge is 0.352 e. The number of anilines is 3. The summed E-state index contributed by atoms with van der Waals surface area (Å²) in [5.41, 5.74) is 0.777. The number of aromatic nitrogens is 1. The van der Waals surface area contributed by atoms with Gasteiger partial charge in [-0.2, -0.15) is 0 Å². The Kier molecular flexibility index (Phi) is 4.62. The van der Waals surface area contributed by atoms with Crippen molar-refractivity contribution in [2.75, 3.05) is 10.0 Å². The molecule has 0 spiro atoms. The monoisotopic (exact) mass is 361 g/mol. The molecule has 5 nitrogen and oxygen atoms in total. The third kappa shape index (κ3) is 4.10. The zero-order valence-corrected chi connectivity index (χ0v) is 13.6. The Morgan fingerprint density at radius 3 is 2.24 bits per heavy atom. The van der Waals surface area contributed by atoms with E-state index in [-0.39, 0.29) is 16.4 Å². The summed E-state index contributed by atoms with van der Waals surface area (Å²) < 4.78 is 53.2. The lowest BCUT2D eigenvalue weighted by Gasteiger charge is -2.09. The van der Waals surface area contributed by atoms with Crippen LogP contribution in [0.25, 0.3) is 0 Å². The maximum Gasteiger partial charge on any atom is 0.263 e. The van der Waals surface area contributed by atoms with E-state index in [2.05, 4.69) is 15.0 Å². The molecule has 128 valence electrons. The first-order chi connectivity index (χ1) is 11.9. The van der Waals surface area contributed by atoms with Gasteiger partial charge in [-0.05, 0) is 48.5 Å². The highest BCUT2D eigenvalue weighted by atomic mass is 32.2. The molecule has 0 fully saturated rings. The Hall–Kier alpha value is -3.00. The molecule has 0 radical (unpaired) electrons. The van der Waals surface area contributed by atoms with Gasteiger partial charge in [0.25, 0.3) is 10.0 Å². The summed E-state index contributed by atoms with van der Waals surface area (Å²) in [6.07, 6.45) is 1.37. The Morgan fingerprint density at radius 2 is 1.60 bits per heavy atom. The molecule has 0 saturated heterocycles. The lowest BCUT2D eigenvalue weighted by Crippen LogP contribution is -2.13. The fourth-order valence-electron chi connectivity index (χ4n) is 2.06. The van der Waals surface area contributed by atoms with Crippen LogP contribution in [0.3, 0.4) is 0 Å². The van der Waals surface area contributed by atoms with Gasteiger partial charge in [0, 0.05) is 0 Å². The highest BCUT2D eigenvalue weighted by Crippen LogP contribution is 2.21. The zero-order valence-electron chi connectivity index (χ0n) is 12.8. The van der Waals surface area contributed by atoms with Crippen molar-refractivity contribution in [2.45, 2.75) is 4.90 Å². The number of para-hydroxylation sites is 1.